The van der Waals surface area contributed by atoms with Crippen molar-refractivity contribution in [1.82, 2.24) is 9.97 Å². The van der Waals surface area contributed by atoms with Crippen LogP contribution in [0.3, 0.4) is 0 Å². The number of hydrogen-bond donors (Lipinski definition) is 2. The molecule has 138 valence electrons. The Hall–Kier alpha value is -3.65. The Kier molecular flexibility index (Phi) is 6.67. The number of rotatable bonds is 4. The molecule has 1 aromatic carbocycles. The largest absolute Gasteiger partial charge is 0.399 e. The van der Waals surface area contributed by atoms with Crippen LogP contribution in [0.15, 0.2) is 55.2 Å². The van der Waals surface area contributed by atoms with Crippen LogP contribution in [-0.4, -0.2) is 17.0 Å². The van der Waals surface area contributed by atoms with E-state index >= 15 is 0 Å². The molecule has 0 saturated carbocycles. The summed E-state index contributed by atoms with van der Waals surface area (Å²) >= 11 is 0. The van der Waals surface area contributed by atoms with Crippen molar-refractivity contribution >= 4 is 17.6 Å². The first-order chi connectivity index (χ1) is 13.2. The van der Waals surface area contributed by atoms with Gasteiger partial charge in [-0.1, -0.05) is 44.7 Å². The molecule has 27 heavy (non-hydrogen) atoms. The van der Waals surface area contributed by atoms with Gasteiger partial charge in [0.25, 0.3) is 0 Å². The fraction of sp³-hybridized carbons (Fsp3) is 0.136. The highest BCUT2D eigenvalue weighted by molar-refractivity contribution is 5.82. The summed E-state index contributed by atoms with van der Waals surface area (Å²) in [5, 5.41) is 12.6. The molecule has 0 aliphatic carbocycles. The van der Waals surface area contributed by atoms with Crippen LogP contribution in [0, 0.1) is 11.3 Å². The van der Waals surface area contributed by atoms with Gasteiger partial charge in [0.1, 0.15) is 17.5 Å². The van der Waals surface area contributed by atoms with Crippen LogP contribution in [0.1, 0.15) is 26.4 Å². The van der Waals surface area contributed by atoms with E-state index in [9.17, 15) is 5.26 Å². The van der Waals surface area contributed by atoms with Crippen molar-refractivity contribution in [2.24, 2.45) is 0 Å². The molecule has 3 aromatic rings. The summed E-state index contributed by atoms with van der Waals surface area (Å²) in [5.74, 6) is 0.498. The van der Waals surface area contributed by atoms with Gasteiger partial charge < -0.3 is 11.1 Å². The van der Waals surface area contributed by atoms with Crippen molar-refractivity contribution in [3.8, 4) is 28.6 Å². The van der Waals surface area contributed by atoms with Crippen LogP contribution >= 0.6 is 0 Å². The molecule has 2 heterocycles. The highest BCUT2D eigenvalue weighted by Gasteiger charge is 2.16. The van der Waals surface area contributed by atoms with Crippen molar-refractivity contribution in [2.45, 2.75) is 13.8 Å². The third-order valence-electron chi connectivity index (χ3n) is 3.87. The Bertz CT molecular complexity index is 992. The lowest BCUT2D eigenvalue weighted by Crippen LogP contribution is -2.02. The number of nitrogens with one attached hydrogen (secondary N) is 1. The Morgan fingerprint density at radius 3 is 2.63 bits per heavy atom. The maximum absolute atomic E-state index is 9.63. The summed E-state index contributed by atoms with van der Waals surface area (Å²) < 4.78 is 0. The summed E-state index contributed by atoms with van der Waals surface area (Å²) in [7, 11) is 1.74. The number of benzene rings is 1. The SMILES string of the molecule is C=Cc1cccnc1-c1cc(-c2cccc(N)c2)c(C#N)c(NC)n1.CC.[HH]. The molecular weight excluding hydrogens is 334 g/mol. The molecule has 3 N–H and O–H groups in total. The molecule has 0 aliphatic heterocycles. The van der Waals surface area contributed by atoms with Gasteiger partial charge in [-0.25, -0.2) is 4.98 Å². The molecule has 0 spiro atoms. The van der Waals surface area contributed by atoms with E-state index in [1.807, 2.05) is 56.3 Å². The number of nitrogens with two attached hydrogens (primary N) is 1. The van der Waals surface area contributed by atoms with E-state index in [4.69, 9.17) is 5.73 Å². The van der Waals surface area contributed by atoms with Crippen molar-refractivity contribution in [3.63, 3.8) is 0 Å². The topological polar surface area (TPSA) is 87.6 Å². The maximum Gasteiger partial charge on any atom is 0.145 e. The smallest absolute Gasteiger partial charge is 0.145 e. The number of nitriles is 1. The quantitative estimate of drug-likeness (QED) is 0.623. The normalized spacial score (nSPS) is 9.56. The Morgan fingerprint density at radius 1 is 1.22 bits per heavy atom. The van der Waals surface area contributed by atoms with Gasteiger partial charge >= 0.3 is 0 Å². The predicted octanol–water partition coefficient (Wildman–Crippen LogP) is 5.22. The van der Waals surface area contributed by atoms with E-state index in [0.29, 0.717) is 28.5 Å². The number of hydrogen-bond acceptors (Lipinski definition) is 5. The highest BCUT2D eigenvalue weighted by Crippen LogP contribution is 2.33. The van der Waals surface area contributed by atoms with E-state index in [1.54, 1.807) is 19.3 Å². The second kappa shape index (κ2) is 9.16. The minimum absolute atomic E-state index is 0. The van der Waals surface area contributed by atoms with Crippen molar-refractivity contribution in [3.05, 3.63) is 66.4 Å². The number of nitrogen functional groups attached to an aromatic ring is 1. The van der Waals surface area contributed by atoms with Crippen molar-refractivity contribution < 1.29 is 1.43 Å². The molecule has 3 rings (SSSR count). The average molecular weight is 359 g/mol. The van der Waals surface area contributed by atoms with Crippen LogP contribution in [0.4, 0.5) is 11.5 Å². The van der Waals surface area contributed by atoms with Crippen LogP contribution < -0.4 is 11.1 Å². The van der Waals surface area contributed by atoms with Gasteiger partial charge in [0.15, 0.2) is 0 Å². The fourth-order valence-electron chi connectivity index (χ4n) is 2.69. The zero-order valence-electron chi connectivity index (χ0n) is 15.8. The lowest BCUT2D eigenvalue weighted by molar-refractivity contribution is 1.22. The van der Waals surface area contributed by atoms with E-state index in [2.05, 4.69) is 27.9 Å². The predicted molar refractivity (Wildman–Crippen MR) is 115 cm³/mol. The fourth-order valence-corrected chi connectivity index (χ4v) is 2.69. The maximum atomic E-state index is 9.63. The van der Waals surface area contributed by atoms with E-state index in [-0.39, 0.29) is 1.43 Å². The molecular formula is C22H25N5. The standard InChI is InChI=1S/C20H17N5.C2H6.H2/c1-3-13-7-5-9-24-19(13)18-11-16(14-6-4-8-15(22)10-14)17(12-21)20(23-2)25-18;1-2;/h3-11H,1,22H2,2H3,(H,23,25);1-2H3;1H. The Morgan fingerprint density at radius 2 is 2.00 bits per heavy atom. The summed E-state index contributed by atoms with van der Waals surface area (Å²) in [5.41, 5.74) is 10.9. The second-order valence-electron chi connectivity index (χ2n) is 5.41. The first-order valence-electron chi connectivity index (χ1n) is 8.74. The first kappa shape index (κ1) is 19.7. The van der Waals surface area contributed by atoms with Gasteiger partial charge in [-0.05, 0) is 29.8 Å². The summed E-state index contributed by atoms with van der Waals surface area (Å²) in [6, 6.07) is 15.3. The zero-order valence-corrected chi connectivity index (χ0v) is 15.8. The molecule has 0 amide bonds. The first-order valence-corrected chi connectivity index (χ1v) is 8.74. The molecule has 5 heteroatoms. The molecule has 2 aromatic heterocycles. The van der Waals surface area contributed by atoms with Crippen LogP contribution in [-0.2, 0) is 0 Å². The molecule has 0 unspecified atom stereocenters. The lowest BCUT2D eigenvalue weighted by atomic mass is 9.98. The minimum atomic E-state index is 0. The van der Waals surface area contributed by atoms with Gasteiger partial charge in [-0.3, -0.25) is 4.98 Å². The van der Waals surface area contributed by atoms with Gasteiger partial charge in [0.05, 0.1) is 11.4 Å². The molecule has 0 bridgehead atoms. The number of anilines is 2. The third-order valence-corrected chi connectivity index (χ3v) is 3.87. The minimum Gasteiger partial charge on any atom is -0.399 e. The zero-order chi connectivity index (χ0) is 19.8. The van der Waals surface area contributed by atoms with Gasteiger partial charge in [-0.15, -0.1) is 0 Å². The number of aromatic nitrogens is 2. The summed E-state index contributed by atoms with van der Waals surface area (Å²) in [6.07, 6.45) is 3.45. The van der Waals surface area contributed by atoms with Crippen LogP contribution in [0.5, 0.6) is 0 Å². The molecule has 0 radical (unpaired) electrons. The van der Waals surface area contributed by atoms with Crippen LogP contribution in [0.2, 0.25) is 0 Å². The van der Waals surface area contributed by atoms with Gasteiger partial charge in [-0.2, -0.15) is 5.26 Å². The number of nitrogens with zero attached hydrogens (tertiary/aromatic N) is 3. The van der Waals surface area contributed by atoms with E-state index in [0.717, 1.165) is 16.7 Å². The Labute approximate surface area is 161 Å². The lowest BCUT2D eigenvalue weighted by Gasteiger charge is -2.13. The van der Waals surface area contributed by atoms with Crippen LogP contribution in [0.25, 0.3) is 28.6 Å². The molecule has 0 aliphatic rings. The molecule has 0 atom stereocenters. The van der Waals surface area contributed by atoms with E-state index in [1.165, 1.54) is 0 Å². The average Bonchev–Trinajstić information content (AvgIpc) is 2.74. The molecule has 5 nitrogen and oxygen atoms in total. The monoisotopic (exact) mass is 359 g/mol. The van der Waals surface area contributed by atoms with Crippen molar-refractivity contribution in [2.75, 3.05) is 18.1 Å². The number of pyridine rings is 2. The third kappa shape index (κ3) is 4.13. The summed E-state index contributed by atoms with van der Waals surface area (Å²) in [4.78, 5) is 9.01. The van der Waals surface area contributed by atoms with Gasteiger partial charge in [0.2, 0.25) is 0 Å². The molecule has 0 fully saturated rings. The Balaban J connectivity index is 0.00000127. The van der Waals surface area contributed by atoms with E-state index < -0.39 is 0 Å². The highest BCUT2D eigenvalue weighted by atomic mass is 15.0. The van der Waals surface area contributed by atoms with Gasteiger partial charge in [0, 0.05) is 31.5 Å². The van der Waals surface area contributed by atoms with Crippen molar-refractivity contribution in [1.29, 1.82) is 5.26 Å². The summed E-state index contributed by atoms with van der Waals surface area (Å²) in [6.45, 7) is 7.83. The second-order valence-corrected chi connectivity index (χ2v) is 5.41. The molecule has 0 saturated heterocycles.